The van der Waals surface area contributed by atoms with E-state index in [2.05, 4.69) is 265 Å². The van der Waals surface area contributed by atoms with E-state index in [1.54, 1.807) is 35.5 Å². The maximum absolute atomic E-state index is 13.1. The van der Waals surface area contributed by atoms with Gasteiger partial charge in [-0.1, -0.05) is 236 Å². The van der Waals surface area contributed by atoms with Crippen molar-refractivity contribution in [1.82, 2.24) is 29.4 Å². The number of ether oxygens (including phenoxy) is 5. The Kier molecular flexibility index (Phi) is 54.4. The zero-order valence-electron chi connectivity index (χ0n) is 82.9. The van der Waals surface area contributed by atoms with Gasteiger partial charge in [-0.15, -0.1) is 0 Å². The third kappa shape index (κ3) is 33.6. The average Bonchev–Trinajstić information content (AvgIpc) is 1.72. The number of likely N-dealkylation sites (tertiary alicyclic amines) is 6. The van der Waals surface area contributed by atoms with Gasteiger partial charge >= 0.3 is 0 Å². The van der Waals surface area contributed by atoms with Crippen molar-refractivity contribution >= 4 is 35.4 Å². The summed E-state index contributed by atoms with van der Waals surface area (Å²) < 4.78 is 26.9. The molecule has 0 aromatic carbocycles. The van der Waals surface area contributed by atoms with Gasteiger partial charge in [-0.25, -0.2) is 0 Å². The molecule has 6 saturated heterocycles. The highest BCUT2D eigenvalue weighted by molar-refractivity contribution is 5.83. The summed E-state index contributed by atoms with van der Waals surface area (Å²) in [5, 5.41) is 0. The lowest BCUT2D eigenvalue weighted by Crippen LogP contribution is -2.49. The van der Waals surface area contributed by atoms with Crippen molar-refractivity contribution in [2.45, 2.75) is 389 Å². The van der Waals surface area contributed by atoms with Crippen LogP contribution in [-0.4, -0.2) is 206 Å². The molecule has 0 N–H and O–H groups in total. The van der Waals surface area contributed by atoms with Gasteiger partial charge in [0, 0.05) is 140 Å². The van der Waals surface area contributed by atoms with Crippen molar-refractivity contribution in [2.24, 2.45) is 148 Å². The minimum atomic E-state index is -0.0717. The minimum Gasteiger partial charge on any atom is -0.384 e. The first-order valence-electron chi connectivity index (χ1n) is 46.7. The fraction of sp³-hybridized carbons (Fsp3) is 0.940. The summed E-state index contributed by atoms with van der Waals surface area (Å²) in [4.78, 5) is 90.5. The molecule has 694 valence electrons. The summed E-state index contributed by atoms with van der Waals surface area (Å²) >= 11 is 0. The van der Waals surface area contributed by atoms with Crippen LogP contribution in [0.25, 0.3) is 0 Å². The highest BCUT2D eigenvalue weighted by Crippen LogP contribution is 2.40. The van der Waals surface area contributed by atoms with Gasteiger partial charge in [0.15, 0.2) is 0 Å². The summed E-state index contributed by atoms with van der Waals surface area (Å²) in [5.74, 6) is 11.1. The molecule has 6 aliphatic heterocycles. The molecule has 6 fully saturated rings. The number of carbonyl (C=O) groups excluding carboxylic acids is 6. The first kappa shape index (κ1) is 116. The van der Waals surface area contributed by atoms with Crippen molar-refractivity contribution < 1.29 is 52.5 Å². The molecule has 0 saturated carbocycles. The van der Waals surface area contributed by atoms with Crippen molar-refractivity contribution in [3.63, 3.8) is 0 Å². The summed E-state index contributed by atoms with van der Waals surface area (Å²) in [6.45, 7) is 85.3. The average molecular weight is 1660 g/mol. The molecule has 117 heavy (non-hydrogen) atoms. The predicted molar refractivity (Wildman–Crippen MR) is 495 cm³/mol. The number of nitrogens with zero attached hydrogens (tertiary/aromatic N) is 6. The second-order valence-corrected chi connectivity index (χ2v) is 42.1. The normalized spacial score (nSPS) is 25.1. The van der Waals surface area contributed by atoms with E-state index in [9.17, 15) is 28.8 Å². The SMILES string of the molecule is C.C.CC(C)C(C(=O)N1C(C)CC[C@H]1C(C)C)C(C)C.CC1C[C@@H](C(C)C)N(C(=O)C(C(C)C)C(C)C)C1.COC(C)C(C(=O)N1C(C)CC[C@H]1C(C)C)C(C)C.COC(C)C(C(=O)N1CC(C)C[C@H]1C(C)C)C(C)C.COCC1C[C@@H](C(C)C)N(C(=O)C(C(C)C)C(C)C)C1.COCC1C[C@@H](C(C)C)N(C(=O)C(C(C)C)C(C)OC)C1. The van der Waals surface area contributed by atoms with Crippen LogP contribution in [0.3, 0.4) is 0 Å². The largest absolute Gasteiger partial charge is 0.384 e. The number of amides is 6. The van der Waals surface area contributed by atoms with Crippen LogP contribution in [0.2, 0.25) is 0 Å². The molecule has 6 heterocycles. The third-order valence-electron chi connectivity index (χ3n) is 27.3. The van der Waals surface area contributed by atoms with Crippen molar-refractivity contribution in [2.75, 3.05) is 74.9 Å². The highest BCUT2D eigenvalue weighted by Gasteiger charge is 2.47. The minimum absolute atomic E-state index is 0. The van der Waals surface area contributed by atoms with E-state index in [0.29, 0.717) is 173 Å². The molecule has 18 atom stereocenters. The fourth-order valence-electron chi connectivity index (χ4n) is 21.1. The number of carbonyl (C=O) groups is 6. The lowest BCUT2D eigenvalue weighted by molar-refractivity contribution is -0.146. The third-order valence-corrected chi connectivity index (χ3v) is 27.3. The molecule has 0 spiro atoms. The van der Waals surface area contributed by atoms with Crippen LogP contribution in [0.15, 0.2) is 0 Å². The van der Waals surface area contributed by atoms with E-state index in [1.165, 1.54) is 12.8 Å². The monoisotopic (exact) mass is 1660 g/mol. The predicted octanol–water partition coefficient (Wildman–Crippen LogP) is 21.8. The molecule has 12 unspecified atom stereocenters. The van der Waals surface area contributed by atoms with E-state index >= 15 is 0 Å². The Hall–Kier alpha value is -3.38. The maximum Gasteiger partial charge on any atom is 0.229 e. The molecular formula is C100H198N6O11. The first-order valence-corrected chi connectivity index (χ1v) is 46.7. The molecule has 6 aliphatic rings. The topological polar surface area (TPSA) is 168 Å². The van der Waals surface area contributed by atoms with Crippen molar-refractivity contribution in [1.29, 1.82) is 0 Å². The van der Waals surface area contributed by atoms with Gasteiger partial charge in [0.2, 0.25) is 35.4 Å². The molecule has 0 aromatic rings. The van der Waals surface area contributed by atoms with Crippen LogP contribution in [0.5, 0.6) is 0 Å². The Labute approximate surface area is 725 Å². The first-order chi connectivity index (χ1) is 53.2. The molecule has 6 rings (SSSR count). The van der Waals surface area contributed by atoms with E-state index in [0.717, 1.165) is 77.9 Å². The molecule has 6 amide bonds. The number of methoxy groups -OCH3 is 5. The molecule has 0 aromatic heterocycles. The maximum atomic E-state index is 13.1. The van der Waals surface area contributed by atoms with Gasteiger partial charge in [0.05, 0.1) is 49.3 Å². The molecule has 0 aliphatic carbocycles. The van der Waals surface area contributed by atoms with Crippen LogP contribution in [0.4, 0.5) is 0 Å². The van der Waals surface area contributed by atoms with Crippen LogP contribution < -0.4 is 0 Å². The van der Waals surface area contributed by atoms with Gasteiger partial charge in [0.1, 0.15) is 0 Å². The molecule has 0 bridgehead atoms. The smallest absolute Gasteiger partial charge is 0.229 e. The molecule has 17 nitrogen and oxygen atoms in total. The highest BCUT2D eigenvalue weighted by atomic mass is 16.5. The van der Waals surface area contributed by atoms with Crippen molar-refractivity contribution in [3.8, 4) is 0 Å². The summed E-state index contributed by atoms with van der Waals surface area (Å²) in [5.41, 5.74) is 0. The lowest BCUT2D eigenvalue weighted by Gasteiger charge is -2.37. The molecule has 17 heteroatoms. The van der Waals surface area contributed by atoms with Crippen LogP contribution in [0.1, 0.15) is 322 Å². The van der Waals surface area contributed by atoms with Gasteiger partial charge < -0.3 is 53.1 Å². The summed E-state index contributed by atoms with van der Waals surface area (Å²) in [6, 6.07) is 3.18. The van der Waals surface area contributed by atoms with Gasteiger partial charge in [-0.2, -0.15) is 0 Å². The van der Waals surface area contributed by atoms with E-state index in [1.807, 2.05) is 20.8 Å². The molecular weight excluding hydrogens is 1460 g/mol. The van der Waals surface area contributed by atoms with Crippen LogP contribution in [-0.2, 0) is 52.5 Å². The number of hydrogen-bond donors (Lipinski definition) is 0. The van der Waals surface area contributed by atoms with E-state index < -0.39 is 0 Å². The summed E-state index contributed by atoms with van der Waals surface area (Å²) in [7, 11) is 8.56. The standard InChI is InChI=1S/C17H33NO3.C17H33NO2.2C16H31NO2.2C16H31NO.2CH4/c1-11(2)15-8-14(10-20-6)9-18(15)17(19)16(12(3)4)13(5)21-7;1-11(2)15-8-14(10-20-7)9-18(15)17(19)16(12(3)4)13(5)6;1-10(2)14-8-12(5)9-17(14)16(18)15(11(3)4)13(6)19-7;1-10(2)14-9-8-12(5)17(14)16(18)15(11(3)4)13(6)19-7;1-10(2)14-8-13(7)9-17(14)16(18)15(11(3)4)12(5)6;1-10(2)14-9-8-13(7)17(14)16(18)15(11(3)4)12(5)6;;/h11-16H,8-10H2,1-7H3;11-16H,8-10H2,1-7H3;2*10-15H,8-9H2,1-7H3;2*10-15H,8-9H2,1-7H3;2*1H4/t13?,14?,15-,16?;14?,15-;2*12?,13?,14-,15?;2*13?,14-;;/m000000../s1. The van der Waals surface area contributed by atoms with Gasteiger partial charge in [-0.3, -0.25) is 28.8 Å². The second-order valence-electron chi connectivity index (χ2n) is 42.1. The number of hydrogen-bond acceptors (Lipinski definition) is 11. The van der Waals surface area contributed by atoms with E-state index in [4.69, 9.17) is 23.7 Å². The van der Waals surface area contributed by atoms with Gasteiger partial charge in [0.25, 0.3) is 0 Å². The van der Waals surface area contributed by atoms with E-state index in [-0.39, 0.29) is 92.3 Å². The molecule has 0 radical (unpaired) electrons. The zero-order chi connectivity index (χ0) is 89.1. The Morgan fingerprint density at radius 3 is 0.675 bits per heavy atom. The zero-order valence-corrected chi connectivity index (χ0v) is 82.9. The Balaban J connectivity index is 0. The Bertz CT molecular complexity index is 2710. The van der Waals surface area contributed by atoms with Gasteiger partial charge in [-0.05, 0) is 187 Å². The second kappa shape index (κ2) is 55.1. The summed E-state index contributed by atoms with van der Waals surface area (Å²) in [6.07, 6.45) is 8.95. The van der Waals surface area contributed by atoms with Crippen molar-refractivity contribution in [3.05, 3.63) is 0 Å². The van der Waals surface area contributed by atoms with Crippen LogP contribution in [0, 0.1) is 148 Å². The Morgan fingerprint density at radius 1 is 0.265 bits per heavy atom. The number of rotatable bonds is 31. The van der Waals surface area contributed by atoms with Crippen LogP contribution >= 0.6 is 0 Å². The Morgan fingerprint density at radius 2 is 0.462 bits per heavy atom. The fourth-order valence-corrected chi connectivity index (χ4v) is 21.1. The quantitative estimate of drug-likeness (QED) is 0.0648. The lowest BCUT2D eigenvalue weighted by atomic mass is 9.83.